The maximum Gasteiger partial charge on any atom is 0.253 e. The van der Waals surface area contributed by atoms with Crippen molar-refractivity contribution in [1.29, 1.82) is 0 Å². The minimum atomic E-state index is -0.394. The maximum atomic E-state index is 14.6. The highest BCUT2D eigenvalue weighted by molar-refractivity contribution is 5.94. The quantitative estimate of drug-likeness (QED) is 0.665. The molecule has 3 nitrogen and oxygen atoms in total. The van der Waals surface area contributed by atoms with E-state index in [1.807, 2.05) is 54.7 Å². The van der Waals surface area contributed by atoms with Crippen molar-refractivity contribution in [3.8, 4) is 11.1 Å². The number of benzene rings is 3. The van der Waals surface area contributed by atoms with Crippen LogP contribution in [0.1, 0.15) is 27.0 Å². The van der Waals surface area contributed by atoms with Crippen LogP contribution in [0, 0.1) is 5.82 Å². The number of amides is 1. The second-order valence-electron chi connectivity index (χ2n) is 6.68. The summed E-state index contributed by atoms with van der Waals surface area (Å²) in [5, 5.41) is 0. The van der Waals surface area contributed by atoms with Crippen molar-refractivity contribution in [1.82, 2.24) is 4.90 Å². The number of carbonyl (C=O) groups excluding carboxylic acids is 1. The van der Waals surface area contributed by atoms with Crippen LogP contribution < -0.4 is 0 Å². The van der Waals surface area contributed by atoms with Gasteiger partial charge in [-0.15, -0.1) is 0 Å². The Bertz CT molecular complexity index is 1030. The van der Waals surface area contributed by atoms with Gasteiger partial charge in [-0.25, -0.2) is 4.39 Å². The van der Waals surface area contributed by atoms with E-state index in [0.717, 1.165) is 22.3 Å². The third-order valence-electron chi connectivity index (χ3n) is 4.84. The first-order chi connectivity index (χ1) is 13.1. The van der Waals surface area contributed by atoms with Crippen LogP contribution in [0.3, 0.4) is 0 Å². The van der Waals surface area contributed by atoms with Gasteiger partial charge in [0.05, 0.1) is 6.54 Å². The summed E-state index contributed by atoms with van der Waals surface area (Å²) in [6.45, 7) is 1.11. The van der Waals surface area contributed by atoms with Gasteiger partial charge in [0.25, 0.3) is 5.91 Å². The molecule has 0 N–H and O–H groups in total. The molecule has 0 spiro atoms. The third-order valence-corrected chi connectivity index (χ3v) is 4.84. The Morgan fingerprint density at radius 2 is 1.89 bits per heavy atom. The molecule has 0 saturated carbocycles. The van der Waals surface area contributed by atoms with Gasteiger partial charge in [-0.2, -0.15) is 0 Å². The minimum Gasteiger partial charge on any atom is -0.337 e. The number of aliphatic imine (C=N–C) groups is 1. The van der Waals surface area contributed by atoms with Crippen LogP contribution in [-0.2, 0) is 13.1 Å². The van der Waals surface area contributed by atoms with Crippen LogP contribution in [0.2, 0.25) is 0 Å². The lowest BCUT2D eigenvalue weighted by molar-refractivity contribution is 0.0784. The first-order valence-electron chi connectivity index (χ1n) is 8.84. The summed E-state index contributed by atoms with van der Waals surface area (Å²) in [5.74, 6) is -0.598. The zero-order valence-electron chi connectivity index (χ0n) is 15.0. The zero-order chi connectivity index (χ0) is 18.8. The monoisotopic (exact) mass is 358 g/mol. The van der Waals surface area contributed by atoms with E-state index in [0.29, 0.717) is 24.2 Å². The van der Waals surface area contributed by atoms with Crippen LogP contribution in [-0.4, -0.2) is 24.1 Å². The molecule has 4 heteroatoms. The van der Waals surface area contributed by atoms with E-state index in [-0.39, 0.29) is 5.91 Å². The predicted molar refractivity (Wildman–Crippen MR) is 105 cm³/mol. The van der Waals surface area contributed by atoms with Crippen molar-refractivity contribution in [3.05, 3.63) is 94.8 Å². The average molecular weight is 358 g/mol. The topological polar surface area (TPSA) is 32.7 Å². The molecular weight excluding hydrogens is 339 g/mol. The van der Waals surface area contributed by atoms with Gasteiger partial charge in [0, 0.05) is 30.9 Å². The fourth-order valence-electron chi connectivity index (χ4n) is 3.40. The lowest BCUT2D eigenvalue weighted by atomic mass is 10.0. The fourth-order valence-corrected chi connectivity index (χ4v) is 3.40. The second-order valence-corrected chi connectivity index (χ2v) is 6.68. The molecule has 1 aliphatic rings. The Balaban J connectivity index is 1.54. The molecule has 1 amide bonds. The normalized spacial score (nSPS) is 12.1. The summed E-state index contributed by atoms with van der Waals surface area (Å²) in [4.78, 5) is 18.7. The van der Waals surface area contributed by atoms with Gasteiger partial charge >= 0.3 is 0 Å². The molecule has 0 unspecified atom stereocenters. The van der Waals surface area contributed by atoms with E-state index >= 15 is 0 Å². The van der Waals surface area contributed by atoms with Crippen LogP contribution in [0.5, 0.6) is 0 Å². The molecule has 0 aliphatic carbocycles. The maximum absolute atomic E-state index is 14.6. The van der Waals surface area contributed by atoms with E-state index in [2.05, 4.69) is 4.99 Å². The standard InChI is InChI=1S/C23H19FN2O/c1-26(15-19-9-5-8-18-13-25-14-21(18)19)23(27)17-10-11-20(22(24)12-17)16-6-3-2-4-7-16/h2-13H,14-15H2,1H3. The molecule has 0 saturated heterocycles. The highest BCUT2D eigenvalue weighted by Gasteiger charge is 2.18. The largest absolute Gasteiger partial charge is 0.337 e. The molecule has 0 radical (unpaired) electrons. The smallest absolute Gasteiger partial charge is 0.253 e. The molecule has 0 atom stereocenters. The highest BCUT2D eigenvalue weighted by Crippen LogP contribution is 2.25. The van der Waals surface area contributed by atoms with Gasteiger partial charge in [-0.1, -0.05) is 54.6 Å². The van der Waals surface area contributed by atoms with E-state index in [9.17, 15) is 9.18 Å². The second kappa shape index (κ2) is 7.16. The van der Waals surface area contributed by atoms with Crippen molar-refractivity contribution in [3.63, 3.8) is 0 Å². The lowest BCUT2D eigenvalue weighted by Crippen LogP contribution is -2.26. The first-order valence-corrected chi connectivity index (χ1v) is 8.84. The molecule has 0 aromatic heterocycles. The van der Waals surface area contributed by atoms with E-state index in [1.165, 1.54) is 6.07 Å². The summed E-state index contributed by atoms with van der Waals surface area (Å²) in [5.41, 5.74) is 4.96. The molecular formula is C23H19FN2O. The van der Waals surface area contributed by atoms with E-state index in [1.54, 1.807) is 24.1 Å². The molecule has 134 valence electrons. The average Bonchev–Trinajstić information content (AvgIpc) is 3.18. The summed E-state index contributed by atoms with van der Waals surface area (Å²) < 4.78 is 14.6. The van der Waals surface area contributed by atoms with Crippen molar-refractivity contribution in [2.75, 3.05) is 7.05 Å². The molecule has 4 rings (SSSR count). The fraction of sp³-hybridized carbons (Fsp3) is 0.130. The Morgan fingerprint density at radius 1 is 1.07 bits per heavy atom. The van der Waals surface area contributed by atoms with Gasteiger partial charge < -0.3 is 4.90 Å². The van der Waals surface area contributed by atoms with E-state index < -0.39 is 5.82 Å². The Morgan fingerprint density at radius 3 is 2.67 bits per heavy atom. The number of nitrogens with zero attached hydrogens (tertiary/aromatic N) is 2. The number of halogens is 1. The number of hydrogen-bond donors (Lipinski definition) is 0. The molecule has 0 bridgehead atoms. The number of fused-ring (bicyclic) bond motifs is 1. The van der Waals surface area contributed by atoms with Crippen LogP contribution >= 0.6 is 0 Å². The lowest BCUT2D eigenvalue weighted by Gasteiger charge is -2.19. The van der Waals surface area contributed by atoms with Gasteiger partial charge in [-0.3, -0.25) is 9.79 Å². The Kier molecular flexibility index (Phi) is 4.55. The van der Waals surface area contributed by atoms with Crippen molar-refractivity contribution in [2.45, 2.75) is 13.1 Å². The summed E-state index contributed by atoms with van der Waals surface area (Å²) in [6.07, 6.45) is 1.86. The van der Waals surface area contributed by atoms with Gasteiger partial charge in [0.2, 0.25) is 0 Å². The molecule has 3 aromatic carbocycles. The highest BCUT2D eigenvalue weighted by atomic mass is 19.1. The van der Waals surface area contributed by atoms with Gasteiger partial charge in [-0.05, 0) is 34.4 Å². The summed E-state index contributed by atoms with van der Waals surface area (Å²) in [6, 6.07) is 20.0. The number of hydrogen-bond acceptors (Lipinski definition) is 2. The van der Waals surface area contributed by atoms with Crippen molar-refractivity contribution >= 4 is 12.1 Å². The molecule has 1 aliphatic heterocycles. The van der Waals surface area contributed by atoms with Crippen LogP contribution in [0.15, 0.2) is 71.7 Å². The van der Waals surface area contributed by atoms with Gasteiger partial charge in [0.1, 0.15) is 5.82 Å². The molecule has 0 fully saturated rings. The summed E-state index contributed by atoms with van der Waals surface area (Å²) in [7, 11) is 1.74. The van der Waals surface area contributed by atoms with Gasteiger partial charge in [0.15, 0.2) is 0 Å². The van der Waals surface area contributed by atoms with Crippen LogP contribution in [0.4, 0.5) is 4.39 Å². The first kappa shape index (κ1) is 17.2. The Labute approximate surface area is 157 Å². The van der Waals surface area contributed by atoms with Crippen molar-refractivity contribution < 1.29 is 9.18 Å². The summed E-state index contributed by atoms with van der Waals surface area (Å²) >= 11 is 0. The zero-order valence-corrected chi connectivity index (χ0v) is 15.0. The Hall–Kier alpha value is -3.27. The minimum absolute atomic E-state index is 0.204. The number of rotatable bonds is 4. The van der Waals surface area contributed by atoms with Crippen molar-refractivity contribution in [2.24, 2.45) is 4.99 Å². The predicted octanol–water partition coefficient (Wildman–Crippen LogP) is 4.70. The molecule has 27 heavy (non-hydrogen) atoms. The SMILES string of the molecule is CN(Cc1cccc2c1CN=C2)C(=O)c1ccc(-c2ccccc2)c(F)c1. The third kappa shape index (κ3) is 3.38. The molecule has 3 aromatic rings. The molecule has 1 heterocycles. The van der Waals surface area contributed by atoms with E-state index in [4.69, 9.17) is 0 Å². The number of carbonyl (C=O) groups is 1. The van der Waals surface area contributed by atoms with Crippen LogP contribution in [0.25, 0.3) is 11.1 Å².